The minimum absolute atomic E-state index is 0.0311. The molecular weight excluding hydrogens is 252 g/mol. The average molecular weight is 272 g/mol. The molecule has 108 valence electrons. The number of rotatable bonds is 6. The van der Waals surface area contributed by atoms with Gasteiger partial charge in [0.15, 0.2) is 0 Å². The number of esters is 1. The molecule has 1 saturated heterocycles. The number of ether oxygens (including phenoxy) is 1. The summed E-state index contributed by atoms with van der Waals surface area (Å²) in [5.74, 6) is -2.10. The summed E-state index contributed by atoms with van der Waals surface area (Å²) in [5, 5.41) is 14.6. The lowest BCUT2D eigenvalue weighted by Crippen LogP contribution is -2.47. The fourth-order valence-electron chi connectivity index (χ4n) is 1.99. The molecule has 3 N–H and O–H groups in total. The molecule has 1 aliphatic heterocycles. The summed E-state index contributed by atoms with van der Waals surface area (Å²) in [4.78, 5) is 33.9. The molecule has 0 radical (unpaired) electrons. The minimum atomic E-state index is -1.14. The lowest BCUT2D eigenvalue weighted by atomic mass is 9.98. The summed E-state index contributed by atoms with van der Waals surface area (Å²) < 4.78 is 4.45. The van der Waals surface area contributed by atoms with Crippen molar-refractivity contribution in [3.63, 3.8) is 0 Å². The Labute approximate surface area is 111 Å². The molecule has 0 aromatic carbocycles. The third-order valence-electron chi connectivity index (χ3n) is 3.15. The van der Waals surface area contributed by atoms with Crippen molar-refractivity contribution < 1.29 is 24.2 Å². The third-order valence-corrected chi connectivity index (χ3v) is 3.15. The van der Waals surface area contributed by atoms with Crippen LogP contribution in [0.5, 0.6) is 0 Å². The first-order chi connectivity index (χ1) is 9.04. The molecule has 0 aromatic heterocycles. The van der Waals surface area contributed by atoms with Crippen molar-refractivity contribution in [3.05, 3.63) is 0 Å². The van der Waals surface area contributed by atoms with E-state index in [1.165, 1.54) is 7.11 Å². The number of carbonyl (C=O) groups excluding carboxylic acids is 2. The van der Waals surface area contributed by atoms with Gasteiger partial charge in [-0.1, -0.05) is 0 Å². The van der Waals surface area contributed by atoms with Crippen LogP contribution in [0, 0.1) is 5.92 Å². The standard InChI is InChI=1S/C12H20N2O5/c1-19-10(15)5-4-9(12(17)18)14-11(16)8-3-2-6-13-7-8/h8-9,13H,2-7H2,1H3,(H,14,16)(H,17,18)/t8-,9?/m0/s1. The van der Waals surface area contributed by atoms with Gasteiger partial charge in [0, 0.05) is 13.0 Å². The fraction of sp³-hybridized carbons (Fsp3) is 0.750. The van der Waals surface area contributed by atoms with Crippen LogP contribution in [0.4, 0.5) is 0 Å². The molecule has 0 saturated carbocycles. The monoisotopic (exact) mass is 272 g/mol. The normalized spacial score (nSPS) is 20.4. The van der Waals surface area contributed by atoms with E-state index in [9.17, 15) is 14.4 Å². The van der Waals surface area contributed by atoms with Crippen LogP contribution >= 0.6 is 0 Å². The third kappa shape index (κ3) is 5.25. The lowest BCUT2D eigenvalue weighted by Gasteiger charge is -2.23. The van der Waals surface area contributed by atoms with Gasteiger partial charge in [-0.15, -0.1) is 0 Å². The van der Waals surface area contributed by atoms with Gasteiger partial charge in [-0.3, -0.25) is 9.59 Å². The highest BCUT2D eigenvalue weighted by Crippen LogP contribution is 2.11. The number of nitrogens with one attached hydrogen (secondary N) is 2. The molecule has 1 aliphatic rings. The first-order valence-electron chi connectivity index (χ1n) is 6.35. The van der Waals surface area contributed by atoms with Gasteiger partial charge in [-0.05, 0) is 25.8 Å². The number of carbonyl (C=O) groups is 3. The highest BCUT2D eigenvalue weighted by Gasteiger charge is 2.26. The Hall–Kier alpha value is -1.63. The Kier molecular flexibility index (Phi) is 6.27. The van der Waals surface area contributed by atoms with E-state index in [1.807, 2.05) is 0 Å². The fourth-order valence-corrected chi connectivity index (χ4v) is 1.99. The predicted molar refractivity (Wildman–Crippen MR) is 66.4 cm³/mol. The Morgan fingerprint density at radius 3 is 2.74 bits per heavy atom. The van der Waals surface area contributed by atoms with Crippen molar-refractivity contribution in [2.45, 2.75) is 31.7 Å². The molecule has 0 aromatic rings. The van der Waals surface area contributed by atoms with Crippen LogP contribution in [-0.2, 0) is 19.1 Å². The number of methoxy groups -OCH3 is 1. The molecule has 2 atom stereocenters. The topological polar surface area (TPSA) is 105 Å². The van der Waals surface area contributed by atoms with Gasteiger partial charge < -0.3 is 20.5 Å². The molecule has 19 heavy (non-hydrogen) atoms. The first kappa shape index (κ1) is 15.4. The van der Waals surface area contributed by atoms with Crippen LogP contribution in [0.2, 0.25) is 0 Å². The van der Waals surface area contributed by atoms with Crippen molar-refractivity contribution in [2.24, 2.45) is 5.92 Å². The van der Waals surface area contributed by atoms with Gasteiger partial charge in [-0.25, -0.2) is 4.79 Å². The van der Waals surface area contributed by atoms with Gasteiger partial charge >= 0.3 is 11.9 Å². The number of piperidine rings is 1. The van der Waals surface area contributed by atoms with E-state index in [0.717, 1.165) is 19.4 Å². The number of carboxylic acids is 1. The Morgan fingerprint density at radius 2 is 2.21 bits per heavy atom. The van der Waals surface area contributed by atoms with Gasteiger partial charge in [0.25, 0.3) is 0 Å². The van der Waals surface area contributed by atoms with Crippen molar-refractivity contribution >= 4 is 17.8 Å². The number of amides is 1. The van der Waals surface area contributed by atoms with E-state index in [2.05, 4.69) is 15.4 Å². The molecule has 1 rings (SSSR count). The summed E-state index contributed by atoms with van der Waals surface area (Å²) in [7, 11) is 1.24. The molecule has 7 nitrogen and oxygen atoms in total. The zero-order chi connectivity index (χ0) is 14.3. The Morgan fingerprint density at radius 1 is 1.47 bits per heavy atom. The molecule has 0 bridgehead atoms. The molecule has 1 fully saturated rings. The quantitative estimate of drug-likeness (QED) is 0.563. The predicted octanol–water partition coefficient (Wildman–Crippen LogP) is -0.491. The van der Waals surface area contributed by atoms with E-state index in [-0.39, 0.29) is 24.7 Å². The van der Waals surface area contributed by atoms with E-state index in [0.29, 0.717) is 6.54 Å². The van der Waals surface area contributed by atoms with Gasteiger partial charge in [0.2, 0.25) is 5.91 Å². The highest BCUT2D eigenvalue weighted by atomic mass is 16.5. The van der Waals surface area contributed by atoms with E-state index < -0.39 is 18.0 Å². The summed E-state index contributed by atoms with van der Waals surface area (Å²) >= 11 is 0. The van der Waals surface area contributed by atoms with Crippen LogP contribution in [0.25, 0.3) is 0 Å². The SMILES string of the molecule is COC(=O)CCC(NC(=O)[C@H]1CCCNC1)C(=O)O. The van der Waals surface area contributed by atoms with Gasteiger partial charge in [-0.2, -0.15) is 0 Å². The van der Waals surface area contributed by atoms with Crippen LogP contribution in [0.3, 0.4) is 0 Å². The largest absolute Gasteiger partial charge is 0.480 e. The lowest BCUT2D eigenvalue weighted by molar-refractivity contribution is -0.144. The maximum absolute atomic E-state index is 11.9. The number of carboxylic acid groups (broad SMARTS) is 1. The van der Waals surface area contributed by atoms with Crippen molar-refractivity contribution in [1.82, 2.24) is 10.6 Å². The van der Waals surface area contributed by atoms with Gasteiger partial charge in [0.05, 0.1) is 13.0 Å². The molecule has 1 amide bonds. The van der Waals surface area contributed by atoms with Crippen LogP contribution < -0.4 is 10.6 Å². The van der Waals surface area contributed by atoms with Crippen LogP contribution in [-0.4, -0.2) is 49.2 Å². The van der Waals surface area contributed by atoms with E-state index in [4.69, 9.17) is 5.11 Å². The second-order valence-corrected chi connectivity index (χ2v) is 4.56. The molecule has 0 aliphatic carbocycles. The molecule has 0 spiro atoms. The summed E-state index contributed by atoms with van der Waals surface area (Å²) in [6.45, 7) is 1.45. The average Bonchev–Trinajstić information content (AvgIpc) is 2.43. The minimum Gasteiger partial charge on any atom is -0.480 e. The summed E-state index contributed by atoms with van der Waals surface area (Å²) in [6.07, 6.45) is 1.66. The summed E-state index contributed by atoms with van der Waals surface area (Å²) in [6, 6.07) is -1.05. The Bertz CT molecular complexity index is 339. The first-order valence-corrected chi connectivity index (χ1v) is 6.35. The van der Waals surface area contributed by atoms with Crippen LogP contribution in [0.1, 0.15) is 25.7 Å². The molecule has 7 heteroatoms. The van der Waals surface area contributed by atoms with Gasteiger partial charge in [0.1, 0.15) is 6.04 Å². The Balaban J connectivity index is 2.45. The smallest absolute Gasteiger partial charge is 0.326 e. The second kappa shape index (κ2) is 7.73. The zero-order valence-corrected chi connectivity index (χ0v) is 11.0. The maximum Gasteiger partial charge on any atom is 0.326 e. The molecule has 1 heterocycles. The zero-order valence-electron chi connectivity index (χ0n) is 11.0. The number of hydrogen-bond acceptors (Lipinski definition) is 5. The number of aliphatic carboxylic acids is 1. The maximum atomic E-state index is 11.9. The van der Waals surface area contributed by atoms with Crippen LogP contribution in [0.15, 0.2) is 0 Å². The van der Waals surface area contributed by atoms with Crippen molar-refractivity contribution in [3.8, 4) is 0 Å². The highest BCUT2D eigenvalue weighted by molar-refractivity contribution is 5.85. The molecular formula is C12H20N2O5. The van der Waals surface area contributed by atoms with Crippen molar-refractivity contribution in [1.29, 1.82) is 0 Å². The van der Waals surface area contributed by atoms with E-state index >= 15 is 0 Å². The van der Waals surface area contributed by atoms with Crippen molar-refractivity contribution in [2.75, 3.05) is 20.2 Å². The summed E-state index contributed by atoms with van der Waals surface area (Å²) in [5.41, 5.74) is 0. The molecule has 1 unspecified atom stereocenters. The second-order valence-electron chi connectivity index (χ2n) is 4.56. The number of hydrogen-bond donors (Lipinski definition) is 3. The van der Waals surface area contributed by atoms with E-state index in [1.54, 1.807) is 0 Å².